The second-order valence-corrected chi connectivity index (χ2v) is 8.71. The molecule has 1 saturated heterocycles. The van der Waals surface area contributed by atoms with Crippen molar-refractivity contribution in [2.45, 2.75) is 19.4 Å². The van der Waals surface area contributed by atoms with E-state index in [1.807, 2.05) is 26.2 Å². The van der Waals surface area contributed by atoms with Gasteiger partial charge in [0.05, 0.1) is 5.56 Å². The Bertz CT molecular complexity index is 1120. The predicted octanol–water partition coefficient (Wildman–Crippen LogP) is 3.04. The van der Waals surface area contributed by atoms with Gasteiger partial charge in [0, 0.05) is 53.0 Å². The largest absolute Gasteiger partial charge is 0.347 e. The number of aromatic nitrogens is 2. The molecule has 7 heteroatoms. The Kier molecular flexibility index (Phi) is 6.40. The molecule has 1 unspecified atom stereocenters. The molecule has 2 aromatic carbocycles. The van der Waals surface area contributed by atoms with Gasteiger partial charge >= 0.3 is 0 Å². The highest BCUT2D eigenvalue weighted by Crippen LogP contribution is 2.23. The van der Waals surface area contributed by atoms with Gasteiger partial charge in [-0.25, -0.2) is 9.97 Å². The van der Waals surface area contributed by atoms with Crippen LogP contribution in [0.3, 0.4) is 0 Å². The van der Waals surface area contributed by atoms with Crippen molar-refractivity contribution in [3.63, 3.8) is 0 Å². The average Bonchev–Trinajstić information content (AvgIpc) is 2.83. The lowest BCUT2D eigenvalue weighted by molar-refractivity contribution is -0.138. The summed E-state index contributed by atoms with van der Waals surface area (Å²) in [4.78, 5) is 39.9. The maximum Gasteiger partial charge on any atom is 0.257 e. The van der Waals surface area contributed by atoms with Crippen LogP contribution in [-0.2, 0) is 11.2 Å². The number of hydrogen-bond donors (Lipinski definition) is 0. The molecular formula is C26H29N5O2. The van der Waals surface area contributed by atoms with Crippen LogP contribution in [0.15, 0.2) is 60.9 Å². The molecule has 2 amide bonds. The Morgan fingerprint density at radius 2 is 1.55 bits per heavy atom. The zero-order valence-corrected chi connectivity index (χ0v) is 19.5. The van der Waals surface area contributed by atoms with Gasteiger partial charge in [-0.1, -0.05) is 54.1 Å². The fourth-order valence-electron chi connectivity index (χ4n) is 3.98. The number of carbonyl (C=O) groups is 2. The quantitative estimate of drug-likeness (QED) is 0.606. The normalized spacial score (nSPS) is 16.1. The summed E-state index contributed by atoms with van der Waals surface area (Å²) in [6, 6.07) is 16.0. The summed E-state index contributed by atoms with van der Waals surface area (Å²) in [5.74, 6) is 0.261. The molecule has 170 valence electrons. The van der Waals surface area contributed by atoms with Crippen LogP contribution < -0.4 is 4.90 Å². The van der Waals surface area contributed by atoms with Crippen LogP contribution in [0.2, 0.25) is 0 Å². The molecule has 1 atom stereocenters. The number of anilines is 1. The van der Waals surface area contributed by atoms with Gasteiger partial charge in [-0.05, 0) is 23.6 Å². The fourth-order valence-corrected chi connectivity index (χ4v) is 3.98. The van der Waals surface area contributed by atoms with Crippen LogP contribution >= 0.6 is 0 Å². The van der Waals surface area contributed by atoms with Gasteiger partial charge in [-0.2, -0.15) is 0 Å². The van der Waals surface area contributed by atoms with E-state index in [0.29, 0.717) is 31.0 Å². The van der Waals surface area contributed by atoms with Crippen molar-refractivity contribution >= 4 is 17.8 Å². The summed E-state index contributed by atoms with van der Waals surface area (Å²) >= 11 is 0. The van der Waals surface area contributed by atoms with Crippen LogP contribution in [0.5, 0.6) is 0 Å². The lowest BCUT2D eigenvalue weighted by atomic mass is 9.97. The van der Waals surface area contributed by atoms with Crippen molar-refractivity contribution in [1.82, 2.24) is 19.8 Å². The number of likely N-dealkylation sites (N-methyl/N-ethyl adjacent to an activating group) is 1. The molecule has 0 N–H and O–H groups in total. The molecule has 1 aliphatic rings. The highest BCUT2D eigenvalue weighted by atomic mass is 16.2. The Morgan fingerprint density at radius 1 is 0.970 bits per heavy atom. The van der Waals surface area contributed by atoms with E-state index in [0.717, 1.165) is 16.7 Å². The Hall–Kier alpha value is -3.74. The Labute approximate surface area is 194 Å². The van der Waals surface area contributed by atoms with Crippen molar-refractivity contribution in [2.24, 2.45) is 0 Å². The molecule has 2 heterocycles. The highest BCUT2D eigenvalue weighted by Gasteiger charge is 2.36. The monoisotopic (exact) mass is 443 g/mol. The average molecular weight is 444 g/mol. The lowest BCUT2D eigenvalue weighted by Crippen LogP contribution is -2.58. The second-order valence-electron chi connectivity index (χ2n) is 8.71. The SMILES string of the molecule is Cc1ccc(-c2ccc(CC3C(=O)N(C)CCN3C(=O)c3cnc(N(C)C)nc3)cc2)cc1. The number of benzene rings is 2. The van der Waals surface area contributed by atoms with Gasteiger partial charge in [-0.3, -0.25) is 9.59 Å². The molecule has 0 bridgehead atoms. The molecule has 0 radical (unpaired) electrons. The lowest BCUT2D eigenvalue weighted by Gasteiger charge is -2.39. The minimum Gasteiger partial charge on any atom is -0.347 e. The smallest absolute Gasteiger partial charge is 0.257 e. The van der Waals surface area contributed by atoms with Crippen LogP contribution in [-0.4, -0.2) is 71.9 Å². The minimum atomic E-state index is -0.560. The third kappa shape index (κ3) is 4.87. The molecule has 0 aliphatic carbocycles. The van der Waals surface area contributed by atoms with Gasteiger partial charge in [0.1, 0.15) is 6.04 Å². The number of amides is 2. The zero-order chi connectivity index (χ0) is 23.5. The van der Waals surface area contributed by atoms with Crippen molar-refractivity contribution in [1.29, 1.82) is 0 Å². The first-order valence-electron chi connectivity index (χ1n) is 11.0. The summed E-state index contributed by atoms with van der Waals surface area (Å²) in [6.07, 6.45) is 3.52. The van der Waals surface area contributed by atoms with Gasteiger partial charge < -0.3 is 14.7 Å². The number of carbonyl (C=O) groups excluding carboxylic acids is 2. The molecule has 3 aromatic rings. The maximum atomic E-state index is 13.3. The first kappa shape index (κ1) is 22.5. The number of aryl methyl sites for hydroxylation is 1. The summed E-state index contributed by atoms with van der Waals surface area (Å²) in [6.45, 7) is 3.05. The number of rotatable bonds is 5. The van der Waals surface area contributed by atoms with Gasteiger partial charge in [0.2, 0.25) is 11.9 Å². The second kappa shape index (κ2) is 9.40. The fraction of sp³-hybridized carbons (Fsp3) is 0.308. The van der Waals surface area contributed by atoms with E-state index in [1.165, 1.54) is 18.0 Å². The highest BCUT2D eigenvalue weighted by molar-refractivity contribution is 5.98. The van der Waals surface area contributed by atoms with Crippen LogP contribution in [0.1, 0.15) is 21.5 Å². The van der Waals surface area contributed by atoms with E-state index >= 15 is 0 Å². The van der Waals surface area contributed by atoms with E-state index in [-0.39, 0.29) is 11.8 Å². The molecule has 1 fully saturated rings. The molecule has 33 heavy (non-hydrogen) atoms. The van der Waals surface area contributed by atoms with E-state index in [9.17, 15) is 9.59 Å². The van der Waals surface area contributed by atoms with Crippen molar-refractivity contribution in [2.75, 3.05) is 39.1 Å². The van der Waals surface area contributed by atoms with Gasteiger partial charge in [0.15, 0.2) is 0 Å². The van der Waals surface area contributed by atoms with Crippen LogP contribution in [0, 0.1) is 6.92 Å². The number of hydrogen-bond acceptors (Lipinski definition) is 5. The molecular weight excluding hydrogens is 414 g/mol. The zero-order valence-electron chi connectivity index (χ0n) is 19.5. The van der Waals surface area contributed by atoms with E-state index in [4.69, 9.17) is 0 Å². The standard InChI is InChI=1S/C26H29N5O2/c1-18-5-9-20(10-6-18)21-11-7-19(8-12-21)15-23-25(33)30(4)13-14-31(23)24(32)22-16-27-26(28-17-22)29(2)3/h5-12,16-17,23H,13-15H2,1-4H3. The Balaban J connectivity index is 1.54. The van der Waals surface area contributed by atoms with Crippen LogP contribution in [0.25, 0.3) is 11.1 Å². The summed E-state index contributed by atoms with van der Waals surface area (Å²) in [5, 5.41) is 0. The van der Waals surface area contributed by atoms with Crippen molar-refractivity contribution in [3.8, 4) is 11.1 Å². The van der Waals surface area contributed by atoms with Crippen LogP contribution in [0.4, 0.5) is 5.95 Å². The topological polar surface area (TPSA) is 69.6 Å². The molecule has 1 aromatic heterocycles. The number of nitrogens with zero attached hydrogens (tertiary/aromatic N) is 5. The summed E-state index contributed by atoms with van der Waals surface area (Å²) in [7, 11) is 5.47. The molecule has 0 saturated carbocycles. The van der Waals surface area contributed by atoms with Gasteiger partial charge in [0.25, 0.3) is 5.91 Å². The summed E-state index contributed by atoms with van der Waals surface area (Å²) in [5.41, 5.74) is 4.89. The molecule has 7 nitrogen and oxygen atoms in total. The Morgan fingerprint density at radius 3 is 2.12 bits per heavy atom. The first-order chi connectivity index (χ1) is 15.8. The third-order valence-electron chi connectivity index (χ3n) is 6.03. The van der Waals surface area contributed by atoms with Crippen molar-refractivity contribution in [3.05, 3.63) is 77.6 Å². The molecule has 1 aliphatic heterocycles. The first-order valence-corrected chi connectivity index (χ1v) is 11.0. The number of piperazine rings is 1. The van der Waals surface area contributed by atoms with E-state index in [2.05, 4.69) is 53.3 Å². The molecule has 4 rings (SSSR count). The maximum absolute atomic E-state index is 13.3. The van der Waals surface area contributed by atoms with E-state index < -0.39 is 6.04 Å². The minimum absolute atomic E-state index is 0.0527. The van der Waals surface area contributed by atoms with Crippen molar-refractivity contribution < 1.29 is 9.59 Å². The predicted molar refractivity (Wildman–Crippen MR) is 129 cm³/mol. The summed E-state index contributed by atoms with van der Waals surface area (Å²) < 4.78 is 0. The van der Waals surface area contributed by atoms with Gasteiger partial charge in [-0.15, -0.1) is 0 Å². The molecule has 0 spiro atoms. The van der Waals surface area contributed by atoms with E-state index in [1.54, 1.807) is 21.7 Å². The third-order valence-corrected chi connectivity index (χ3v) is 6.03.